The van der Waals surface area contributed by atoms with Gasteiger partial charge in [-0.1, -0.05) is 29.8 Å². The summed E-state index contributed by atoms with van der Waals surface area (Å²) in [5.41, 5.74) is 7.91. The van der Waals surface area contributed by atoms with Crippen molar-refractivity contribution in [2.24, 2.45) is 5.10 Å². The van der Waals surface area contributed by atoms with Crippen LogP contribution >= 0.6 is 27.3 Å². The van der Waals surface area contributed by atoms with Gasteiger partial charge in [0.1, 0.15) is 5.75 Å². The van der Waals surface area contributed by atoms with Gasteiger partial charge in [0, 0.05) is 22.2 Å². The van der Waals surface area contributed by atoms with E-state index in [4.69, 9.17) is 4.74 Å². The number of aromatic nitrogens is 1. The van der Waals surface area contributed by atoms with E-state index < -0.39 is 0 Å². The van der Waals surface area contributed by atoms with E-state index in [2.05, 4.69) is 55.8 Å². The maximum atomic E-state index is 12.4. The van der Waals surface area contributed by atoms with Crippen molar-refractivity contribution in [3.63, 3.8) is 0 Å². The number of amides is 1. The molecule has 0 aliphatic heterocycles. The number of thiazole rings is 1. The number of rotatable bonds is 8. The first kappa shape index (κ1) is 23.7. The first-order chi connectivity index (χ1) is 16.5. The third-order valence-corrected chi connectivity index (χ3v) is 6.26. The fraction of sp³-hybridized carbons (Fsp3) is 0.115. The molecular weight excluding hydrogens is 512 g/mol. The third-order valence-electron chi connectivity index (χ3n) is 4.89. The number of benzene rings is 3. The predicted octanol–water partition coefficient (Wildman–Crippen LogP) is 6.79. The molecule has 3 aromatic carbocycles. The van der Waals surface area contributed by atoms with E-state index in [1.807, 2.05) is 54.8 Å². The van der Waals surface area contributed by atoms with Crippen molar-refractivity contribution in [3.05, 3.63) is 93.3 Å². The highest BCUT2D eigenvalue weighted by Gasteiger charge is 2.08. The zero-order valence-electron chi connectivity index (χ0n) is 18.7. The number of nitrogens with zero attached hydrogens (tertiary/aromatic N) is 2. The van der Waals surface area contributed by atoms with Gasteiger partial charge in [-0.05, 0) is 77.8 Å². The number of anilines is 2. The van der Waals surface area contributed by atoms with Crippen LogP contribution in [0.5, 0.6) is 5.75 Å². The van der Waals surface area contributed by atoms with E-state index in [0.717, 1.165) is 37.9 Å². The second kappa shape index (κ2) is 11.1. The van der Waals surface area contributed by atoms with Crippen molar-refractivity contribution in [2.75, 3.05) is 11.9 Å². The Morgan fingerprint density at radius 1 is 1.12 bits per heavy atom. The molecule has 1 amide bonds. The normalized spacial score (nSPS) is 10.9. The molecule has 1 heterocycles. The molecule has 0 unspecified atom stereocenters. The molecule has 0 saturated heterocycles. The van der Waals surface area contributed by atoms with Crippen LogP contribution in [0.4, 0.5) is 10.8 Å². The molecule has 0 radical (unpaired) electrons. The summed E-state index contributed by atoms with van der Waals surface area (Å²) in [7, 11) is 0. The first-order valence-corrected chi connectivity index (χ1v) is 12.3. The number of halogens is 1. The van der Waals surface area contributed by atoms with E-state index in [1.54, 1.807) is 18.3 Å². The van der Waals surface area contributed by atoms with E-state index in [0.29, 0.717) is 12.2 Å². The molecule has 2 N–H and O–H groups in total. The lowest BCUT2D eigenvalue weighted by Gasteiger charge is -2.06. The first-order valence-electron chi connectivity index (χ1n) is 10.7. The van der Waals surface area contributed by atoms with Crippen LogP contribution in [-0.4, -0.2) is 23.7 Å². The minimum Gasteiger partial charge on any atom is -0.493 e. The lowest BCUT2D eigenvalue weighted by molar-refractivity contribution is 0.0955. The molecule has 4 rings (SSSR count). The van der Waals surface area contributed by atoms with E-state index >= 15 is 0 Å². The van der Waals surface area contributed by atoms with Gasteiger partial charge >= 0.3 is 0 Å². The van der Waals surface area contributed by atoms with Gasteiger partial charge in [-0.2, -0.15) is 5.10 Å². The third kappa shape index (κ3) is 6.09. The summed E-state index contributed by atoms with van der Waals surface area (Å²) in [6, 6.07) is 21.1. The van der Waals surface area contributed by atoms with Gasteiger partial charge < -0.3 is 10.1 Å². The average Bonchev–Trinajstić information content (AvgIpc) is 3.31. The number of hydrogen-bond donors (Lipinski definition) is 2. The molecule has 0 spiro atoms. The van der Waals surface area contributed by atoms with Crippen molar-refractivity contribution in [3.8, 4) is 17.0 Å². The molecule has 0 saturated carbocycles. The number of hydrazone groups is 1. The van der Waals surface area contributed by atoms with Crippen LogP contribution in [0.15, 0.2) is 81.7 Å². The van der Waals surface area contributed by atoms with Crippen LogP contribution in [0.2, 0.25) is 0 Å². The van der Waals surface area contributed by atoms with Gasteiger partial charge in [0.2, 0.25) is 0 Å². The van der Waals surface area contributed by atoms with Crippen LogP contribution in [0, 0.1) is 6.92 Å². The van der Waals surface area contributed by atoms with Crippen LogP contribution in [0.25, 0.3) is 11.3 Å². The maximum Gasteiger partial charge on any atom is 0.271 e. The quantitative estimate of drug-likeness (QED) is 0.193. The molecule has 8 heteroatoms. The number of nitrogens with one attached hydrogen (secondary N) is 2. The fourth-order valence-corrected chi connectivity index (χ4v) is 4.37. The summed E-state index contributed by atoms with van der Waals surface area (Å²) >= 11 is 5.01. The molecule has 172 valence electrons. The van der Waals surface area contributed by atoms with Gasteiger partial charge in [-0.3, -0.25) is 4.79 Å². The van der Waals surface area contributed by atoms with Gasteiger partial charge in [-0.25, -0.2) is 10.4 Å². The standard InChI is InChI=1S/C26H23BrN4O2S/c1-3-33-24-13-6-18(14-22(24)27)15-28-31-25(32)20-9-7-19(8-10-20)23-16-34-26(30-23)29-21-11-4-17(2)5-12-21/h4-16H,3H2,1-2H3,(H,29,30)(H,31,32)/b28-15-. The molecule has 1 aromatic heterocycles. The summed E-state index contributed by atoms with van der Waals surface area (Å²) in [6.45, 7) is 4.58. The van der Waals surface area contributed by atoms with Crippen LogP contribution < -0.4 is 15.5 Å². The van der Waals surface area contributed by atoms with Crippen molar-refractivity contribution in [1.82, 2.24) is 10.4 Å². The summed E-state index contributed by atoms with van der Waals surface area (Å²) in [4.78, 5) is 17.1. The highest BCUT2D eigenvalue weighted by Crippen LogP contribution is 2.28. The largest absolute Gasteiger partial charge is 0.493 e. The topological polar surface area (TPSA) is 75.6 Å². The fourth-order valence-electron chi connectivity index (χ4n) is 3.12. The highest BCUT2D eigenvalue weighted by atomic mass is 79.9. The predicted molar refractivity (Wildman–Crippen MR) is 142 cm³/mol. The SMILES string of the molecule is CCOc1ccc(/C=N\NC(=O)c2ccc(-c3csc(Nc4ccc(C)cc4)n3)cc2)cc1Br. The van der Waals surface area contributed by atoms with E-state index in [1.165, 1.54) is 16.9 Å². The summed E-state index contributed by atoms with van der Waals surface area (Å²) < 4.78 is 6.33. The second-order valence-electron chi connectivity index (χ2n) is 7.43. The average molecular weight is 535 g/mol. The Morgan fingerprint density at radius 3 is 2.59 bits per heavy atom. The Bertz CT molecular complexity index is 1300. The molecule has 0 bridgehead atoms. The Hall–Kier alpha value is -3.49. The summed E-state index contributed by atoms with van der Waals surface area (Å²) in [5.74, 6) is 0.481. The van der Waals surface area contributed by atoms with Crippen LogP contribution in [0.3, 0.4) is 0 Å². The lowest BCUT2D eigenvalue weighted by atomic mass is 10.1. The van der Waals surface area contributed by atoms with Crippen molar-refractivity contribution in [1.29, 1.82) is 0 Å². The minimum atomic E-state index is -0.284. The van der Waals surface area contributed by atoms with E-state index in [-0.39, 0.29) is 5.91 Å². The Kier molecular flexibility index (Phi) is 7.72. The molecule has 0 aliphatic carbocycles. The smallest absolute Gasteiger partial charge is 0.271 e. The molecule has 0 aliphatic rings. The minimum absolute atomic E-state index is 0.284. The lowest BCUT2D eigenvalue weighted by Crippen LogP contribution is -2.17. The number of carbonyl (C=O) groups excluding carboxylic acids is 1. The Morgan fingerprint density at radius 2 is 1.88 bits per heavy atom. The molecular formula is C26H23BrN4O2S. The Balaban J connectivity index is 1.35. The molecule has 6 nitrogen and oxygen atoms in total. The monoisotopic (exact) mass is 534 g/mol. The zero-order chi connectivity index (χ0) is 23.9. The zero-order valence-corrected chi connectivity index (χ0v) is 21.1. The molecule has 34 heavy (non-hydrogen) atoms. The van der Waals surface area contributed by atoms with Gasteiger partial charge in [-0.15, -0.1) is 11.3 Å². The van der Waals surface area contributed by atoms with Crippen LogP contribution in [0.1, 0.15) is 28.4 Å². The van der Waals surface area contributed by atoms with Gasteiger partial charge in [0.15, 0.2) is 5.13 Å². The second-order valence-corrected chi connectivity index (χ2v) is 9.14. The van der Waals surface area contributed by atoms with Crippen LogP contribution in [-0.2, 0) is 0 Å². The molecule has 4 aromatic rings. The number of ether oxygens (including phenoxy) is 1. The highest BCUT2D eigenvalue weighted by molar-refractivity contribution is 9.10. The van der Waals surface area contributed by atoms with Crippen molar-refractivity contribution < 1.29 is 9.53 Å². The van der Waals surface area contributed by atoms with Crippen molar-refractivity contribution >= 4 is 50.2 Å². The Labute approximate surface area is 210 Å². The number of hydrogen-bond acceptors (Lipinski definition) is 6. The van der Waals surface area contributed by atoms with Gasteiger partial charge in [0.25, 0.3) is 5.91 Å². The number of aryl methyl sites for hydroxylation is 1. The van der Waals surface area contributed by atoms with Gasteiger partial charge in [0.05, 0.1) is 23.0 Å². The summed E-state index contributed by atoms with van der Waals surface area (Å²) in [6.07, 6.45) is 1.59. The molecule has 0 atom stereocenters. The summed E-state index contributed by atoms with van der Waals surface area (Å²) in [5, 5.41) is 10.2. The number of carbonyl (C=O) groups is 1. The molecule has 0 fully saturated rings. The van der Waals surface area contributed by atoms with Crippen molar-refractivity contribution in [2.45, 2.75) is 13.8 Å². The van der Waals surface area contributed by atoms with E-state index in [9.17, 15) is 4.79 Å². The maximum absolute atomic E-state index is 12.4.